The van der Waals surface area contributed by atoms with Gasteiger partial charge in [0.25, 0.3) is 5.91 Å². The van der Waals surface area contributed by atoms with Crippen molar-refractivity contribution < 1.29 is 4.79 Å². The summed E-state index contributed by atoms with van der Waals surface area (Å²) in [6, 6.07) is 8.18. The van der Waals surface area contributed by atoms with Crippen LogP contribution in [0.1, 0.15) is 16.4 Å². The number of amides is 1. The number of nitrogens with two attached hydrogens (primary N) is 1. The van der Waals surface area contributed by atoms with Crippen molar-refractivity contribution in [3.63, 3.8) is 0 Å². The van der Waals surface area contributed by atoms with E-state index in [1.165, 1.54) is 6.20 Å². The van der Waals surface area contributed by atoms with Gasteiger partial charge >= 0.3 is 0 Å². The maximum absolute atomic E-state index is 11.1. The van der Waals surface area contributed by atoms with Crippen molar-refractivity contribution >= 4 is 22.6 Å². The Morgan fingerprint density at radius 1 is 1.23 bits per heavy atom. The van der Waals surface area contributed by atoms with E-state index < -0.39 is 5.91 Å². The lowest BCUT2D eigenvalue weighted by Gasteiger charge is -2.40. The Kier molecular flexibility index (Phi) is 2.78. The molecule has 1 aliphatic heterocycles. The maximum Gasteiger partial charge on any atom is 0.251 e. The van der Waals surface area contributed by atoms with Gasteiger partial charge in [0.15, 0.2) is 0 Å². The van der Waals surface area contributed by atoms with Crippen LogP contribution in [-0.2, 0) is 0 Å². The van der Waals surface area contributed by atoms with Gasteiger partial charge in [0.05, 0.1) is 23.3 Å². The fraction of sp³-hybridized carbons (Fsp3) is 0.200. The molecule has 0 atom stereocenters. The number of nitrogens with zero attached hydrogens (tertiary/aromatic N) is 5. The Labute approximate surface area is 126 Å². The van der Waals surface area contributed by atoms with E-state index in [2.05, 4.69) is 20.0 Å². The molecule has 2 aromatic heterocycles. The van der Waals surface area contributed by atoms with Crippen molar-refractivity contribution in [2.75, 3.05) is 18.0 Å². The van der Waals surface area contributed by atoms with E-state index >= 15 is 0 Å². The summed E-state index contributed by atoms with van der Waals surface area (Å²) in [5, 5.41) is 5.25. The molecule has 22 heavy (non-hydrogen) atoms. The number of primary amides is 1. The summed E-state index contributed by atoms with van der Waals surface area (Å²) in [7, 11) is 0. The fourth-order valence-electron chi connectivity index (χ4n) is 2.70. The summed E-state index contributed by atoms with van der Waals surface area (Å²) < 4.78 is 1.79. The molecule has 7 nitrogen and oxygen atoms in total. The number of rotatable bonds is 3. The van der Waals surface area contributed by atoms with Crippen molar-refractivity contribution in [1.29, 1.82) is 0 Å². The highest BCUT2D eigenvalue weighted by Crippen LogP contribution is 2.30. The molecule has 7 heteroatoms. The predicted octanol–water partition coefficient (Wildman–Crippen LogP) is 0.986. The van der Waals surface area contributed by atoms with Crippen LogP contribution < -0.4 is 10.6 Å². The lowest BCUT2D eigenvalue weighted by Crippen LogP contribution is -2.48. The van der Waals surface area contributed by atoms with Gasteiger partial charge in [-0.25, -0.2) is 9.97 Å². The van der Waals surface area contributed by atoms with Gasteiger partial charge in [-0.15, -0.1) is 0 Å². The van der Waals surface area contributed by atoms with E-state index in [-0.39, 0.29) is 6.04 Å². The molecule has 0 saturated carbocycles. The zero-order chi connectivity index (χ0) is 15.1. The third-order valence-electron chi connectivity index (χ3n) is 3.94. The van der Waals surface area contributed by atoms with E-state index in [0.717, 1.165) is 29.8 Å². The molecule has 1 saturated heterocycles. The van der Waals surface area contributed by atoms with Gasteiger partial charge in [0.2, 0.25) is 0 Å². The molecule has 0 bridgehead atoms. The van der Waals surface area contributed by atoms with Crippen LogP contribution in [0.5, 0.6) is 0 Å². The average molecular weight is 294 g/mol. The lowest BCUT2D eigenvalue weighted by atomic mass is 10.1. The zero-order valence-electron chi connectivity index (χ0n) is 11.8. The quantitative estimate of drug-likeness (QED) is 0.778. The third kappa shape index (κ3) is 1.98. The number of hydrogen-bond donors (Lipinski definition) is 1. The molecule has 3 heterocycles. The monoisotopic (exact) mass is 294 g/mol. The Hall–Kier alpha value is -2.96. The lowest BCUT2D eigenvalue weighted by molar-refractivity contribution is 0.1000. The fourth-order valence-corrected chi connectivity index (χ4v) is 2.70. The SMILES string of the molecule is NC(=O)c1cnn(C2CN(c3ncnc4ccccc34)C2)c1. The van der Waals surface area contributed by atoms with Crippen LogP contribution in [0.2, 0.25) is 0 Å². The third-order valence-corrected chi connectivity index (χ3v) is 3.94. The Balaban J connectivity index is 1.56. The molecule has 2 N–H and O–H groups in total. The van der Waals surface area contributed by atoms with E-state index in [1.807, 2.05) is 24.3 Å². The maximum atomic E-state index is 11.1. The van der Waals surface area contributed by atoms with Gasteiger partial charge in [0.1, 0.15) is 12.1 Å². The Morgan fingerprint density at radius 3 is 2.82 bits per heavy atom. The molecule has 0 aliphatic carbocycles. The summed E-state index contributed by atoms with van der Waals surface area (Å²) in [5.74, 6) is 0.480. The highest BCUT2D eigenvalue weighted by Gasteiger charge is 2.31. The van der Waals surface area contributed by atoms with Gasteiger partial charge in [-0.2, -0.15) is 5.10 Å². The molecule has 4 rings (SSSR count). The molecule has 1 aliphatic rings. The van der Waals surface area contributed by atoms with Crippen LogP contribution in [-0.4, -0.2) is 38.7 Å². The second-order valence-electron chi connectivity index (χ2n) is 5.35. The first-order valence-electron chi connectivity index (χ1n) is 7.01. The molecular weight excluding hydrogens is 280 g/mol. The number of benzene rings is 1. The molecule has 1 aromatic carbocycles. The number of para-hydroxylation sites is 1. The van der Waals surface area contributed by atoms with Gasteiger partial charge in [0, 0.05) is 24.7 Å². The van der Waals surface area contributed by atoms with Crippen molar-refractivity contribution in [2.45, 2.75) is 6.04 Å². The van der Waals surface area contributed by atoms with Crippen LogP contribution in [0.25, 0.3) is 10.9 Å². The summed E-state index contributed by atoms with van der Waals surface area (Å²) >= 11 is 0. The van der Waals surface area contributed by atoms with E-state index in [1.54, 1.807) is 17.2 Å². The summed E-state index contributed by atoms with van der Waals surface area (Å²) in [6.45, 7) is 1.59. The minimum absolute atomic E-state index is 0.224. The zero-order valence-corrected chi connectivity index (χ0v) is 11.8. The molecule has 0 spiro atoms. The highest BCUT2D eigenvalue weighted by atomic mass is 16.1. The molecule has 3 aromatic rings. The number of hydrogen-bond acceptors (Lipinski definition) is 5. The summed E-state index contributed by atoms with van der Waals surface area (Å²) in [6.07, 6.45) is 4.79. The van der Waals surface area contributed by atoms with Gasteiger partial charge < -0.3 is 10.6 Å². The summed E-state index contributed by atoms with van der Waals surface area (Å²) in [4.78, 5) is 22.0. The smallest absolute Gasteiger partial charge is 0.251 e. The average Bonchev–Trinajstić information content (AvgIpc) is 2.96. The second kappa shape index (κ2) is 4.80. The van der Waals surface area contributed by atoms with Gasteiger partial charge in [-0.1, -0.05) is 12.1 Å². The highest BCUT2D eigenvalue weighted by molar-refractivity contribution is 5.92. The number of anilines is 1. The molecule has 0 radical (unpaired) electrons. The number of fused-ring (bicyclic) bond motifs is 1. The molecule has 0 unspecified atom stereocenters. The first kappa shape index (κ1) is 12.8. The number of aromatic nitrogens is 4. The Bertz CT molecular complexity index is 847. The van der Waals surface area contributed by atoms with Crippen molar-refractivity contribution in [3.05, 3.63) is 48.5 Å². The predicted molar refractivity (Wildman–Crippen MR) is 81.5 cm³/mol. The minimum atomic E-state index is -0.454. The molecule has 1 fully saturated rings. The second-order valence-corrected chi connectivity index (χ2v) is 5.35. The largest absolute Gasteiger partial charge is 0.366 e. The van der Waals surface area contributed by atoms with Crippen LogP contribution in [0.3, 0.4) is 0 Å². The normalized spacial score (nSPS) is 15.0. The van der Waals surface area contributed by atoms with E-state index in [0.29, 0.717) is 5.56 Å². The standard InChI is InChI=1S/C15H14N6O/c16-14(22)10-5-19-21(6-10)11-7-20(8-11)15-12-3-1-2-4-13(12)17-9-18-15/h1-6,9,11H,7-8H2,(H2,16,22). The van der Waals surface area contributed by atoms with Crippen LogP contribution >= 0.6 is 0 Å². The van der Waals surface area contributed by atoms with Crippen LogP contribution in [0.15, 0.2) is 43.0 Å². The summed E-state index contributed by atoms with van der Waals surface area (Å²) in [5.41, 5.74) is 6.62. The van der Waals surface area contributed by atoms with E-state index in [4.69, 9.17) is 5.73 Å². The van der Waals surface area contributed by atoms with Crippen molar-refractivity contribution in [3.8, 4) is 0 Å². The van der Waals surface area contributed by atoms with Crippen LogP contribution in [0.4, 0.5) is 5.82 Å². The van der Waals surface area contributed by atoms with E-state index in [9.17, 15) is 4.79 Å². The number of carbonyl (C=O) groups is 1. The topological polar surface area (TPSA) is 89.9 Å². The van der Waals surface area contributed by atoms with Gasteiger partial charge in [-0.05, 0) is 12.1 Å². The molecule has 110 valence electrons. The van der Waals surface area contributed by atoms with Crippen molar-refractivity contribution in [2.24, 2.45) is 5.73 Å². The molecular formula is C15H14N6O. The van der Waals surface area contributed by atoms with Crippen LogP contribution in [0, 0.1) is 0 Å². The van der Waals surface area contributed by atoms with Gasteiger partial charge in [-0.3, -0.25) is 9.48 Å². The first-order valence-corrected chi connectivity index (χ1v) is 7.01. The van der Waals surface area contributed by atoms with Crippen molar-refractivity contribution in [1.82, 2.24) is 19.7 Å². The minimum Gasteiger partial charge on any atom is -0.366 e. The Morgan fingerprint density at radius 2 is 2.05 bits per heavy atom. The number of carbonyl (C=O) groups excluding carboxylic acids is 1. The molecule has 1 amide bonds. The first-order chi connectivity index (χ1) is 10.7.